The highest BCUT2D eigenvalue weighted by molar-refractivity contribution is 6.06. The zero-order valence-electron chi connectivity index (χ0n) is 13.8. The van der Waals surface area contributed by atoms with Crippen LogP contribution in [0.5, 0.6) is 0 Å². The first-order valence-corrected chi connectivity index (χ1v) is 7.85. The maximum atomic E-state index is 12.2. The van der Waals surface area contributed by atoms with Crippen molar-refractivity contribution in [1.29, 1.82) is 0 Å². The van der Waals surface area contributed by atoms with E-state index in [-0.39, 0.29) is 17.0 Å². The Morgan fingerprint density at radius 1 is 1.35 bits per heavy atom. The van der Waals surface area contributed by atoms with E-state index in [9.17, 15) is 24.8 Å². The lowest BCUT2D eigenvalue weighted by Crippen LogP contribution is -2.22. The molecule has 2 aromatic rings. The summed E-state index contributed by atoms with van der Waals surface area (Å²) in [5, 5.41) is 24.1. The van der Waals surface area contributed by atoms with Crippen molar-refractivity contribution in [3.05, 3.63) is 62.6 Å². The van der Waals surface area contributed by atoms with Crippen molar-refractivity contribution in [2.45, 2.75) is 26.2 Å². The summed E-state index contributed by atoms with van der Waals surface area (Å²) < 4.78 is 5.39. The van der Waals surface area contributed by atoms with E-state index in [4.69, 9.17) is 4.42 Å². The number of hydrogen-bond donors (Lipinski definition) is 2. The van der Waals surface area contributed by atoms with E-state index in [1.165, 1.54) is 18.2 Å². The molecule has 1 aromatic carbocycles. The molecule has 0 unspecified atom stereocenters. The van der Waals surface area contributed by atoms with Gasteiger partial charge in [-0.1, -0.05) is 6.07 Å². The summed E-state index contributed by atoms with van der Waals surface area (Å²) in [4.78, 5) is 33.7. The first-order chi connectivity index (χ1) is 12.4. The number of carbonyl (C=O) groups is 2. The quantitative estimate of drug-likeness (QED) is 0.638. The molecule has 0 aliphatic heterocycles. The van der Waals surface area contributed by atoms with Crippen molar-refractivity contribution in [3.8, 4) is 0 Å². The molecule has 0 atom stereocenters. The van der Waals surface area contributed by atoms with Gasteiger partial charge in [0.1, 0.15) is 5.76 Å². The SMILES string of the molecule is Cc1c(C(=O)O)oc2c1/C(=N/NC(=O)c1cccc([N+](=O)[O-])c1)CCC2. The predicted molar refractivity (Wildman–Crippen MR) is 90.4 cm³/mol. The van der Waals surface area contributed by atoms with Gasteiger partial charge in [-0.15, -0.1) is 0 Å². The smallest absolute Gasteiger partial charge is 0.372 e. The molecule has 1 aliphatic carbocycles. The second-order valence-corrected chi connectivity index (χ2v) is 5.82. The second-order valence-electron chi connectivity index (χ2n) is 5.82. The van der Waals surface area contributed by atoms with Crippen LogP contribution in [-0.4, -0.2) is 27.6 Å². The number of aromatic carboxylic acids is 1. The number of benzene rings is 1. The van der Waals surface area contributed by atoms with E-state index in [1.54, 1.807) is 6.92 Å². The highest BCUT2D eigenvalue weighted by Crippen LogP contribution is 2.29. The van der Waals surface area contributed by atoms with Crippen LogP contribution >= 0.6 is 0 Å². The van der Waals surface area contributed by atoms with E-state index >= 15 is 0 Å². The highest BCUT2D eigenvalue weighted by atomic mass is 16.6. The molecule has 9 nitrogen and oxygen atoms in total. The van der Waals surface area contributed by atoms with Gasteiger partial charge >= 0.3 is 5.97 Å². The molecule has 0 radical (unpaired) electrons. The summed E-state index contributed by atoms with van der Waals surface area (Å²) in [5.41, 5.74) is 3.89. The van der Waals surface area contributed by atoms with Gasteiger partial charge < -0.3 is 9.52 Å². The number of nitrogens with zero attached hydrogens (tertiary/aromatic N) is 2. The van der Waals surface area contributed by atoms with Gasteiger partial charge in [0.2, 0.25) is 5.76 Å². The molecule has 3 rings (SSSR count). The zero-order valence-corrected chi connectivity index (χ0v) is 13.8. The van der Waals surface area contributed by atoms with Crippen LogP contribution in [0.4, 0.5) is 5.69 Å². The number of non-ortho nitro benzene ring substituents is 1. The van der Waals surface area contributed by atoms with Gasteiger partial charge in [0.15, 0.2) is 0 Å². The molecule has 1 aromatic heterocycles. The molecule has 1 aliphatic rings. The van der Waals surface area contributed by atoms with Gasteiger partial charge in [-0.05, 0) is 25.8 Å². The van der Waals surface area contributed by atoms with Gasteiger partial charge in [-0.2, -0.15) is 5.10 Å². The number of furan rings is 1. The Morgan fingerprint density at radius 3 is 2.81 bits per heavy atom. The normalized spacial score (nSPS) is 14.7. The van der Waals surface area contributed by atoms with Gasteiger partial charge in [-0.25, -0.2) is 10.2 Å². The van der Waals surface area contributed by atoms with E-state index < -0.39 is 16.8 Å². The summed E-state index contributed by atoms with van der Waals surface area (Å²) >= 11 is 0. The highest BCUT2D eigenvalue weighted by Gasteiger charge is 2.27. The summed E-state index contributed by atoms with van der Waals surface area (Å²) in [6.45, 7) is 1.63. The summed E-state index contributed by atoms with van der Waals surface area (Å²) in [5.74, 6) is -1.34. The Bertz CT molecular complexity index is 944. The standard InChI is InChI=1S/C17H15N3O6/c1-9-14-12(6-3-7-13(14)26-15(9)17(22)23)18-19-16(21)10-4-2-5-11(8-10)20(24)25/h2,4-5,8H,3,6-7H2,1H3,(H,19,21)(H,22,23)/b18-12+. The predicted octanol–water partition coefficient (Wildman–Crippen LogP) is 2.66. The molecular weight excluding hydrogens is 342 g/mol. The Kier molecular flexibility index (Phi) is 4.53. The summed E-state index contributed by atoms with van der Waals surface area (Å²) in [6.07, 6.45) is 1.87. The number of amides is 1. The molecule has 0 saturated heterocycles. The van der Waals surface area contributed by atoms with Gasteiger partial charge in [-0.3, -0.25) is 14.9 Å². The number of carboxylic acids is 1. The molecule has 134 valence electrons. The number of nitro groups is 1. The maximum absolute atomic E-state index is 12.2. The maximum Gasteiger partial charge on any atom is 0.372 e. The summed E-state index contributed by atoms with van der Waals surface area (Å²) in [6, 6.07) is 5.31. The van der Waals surface area contributed by atoms with Crippen molar-refractivity contribution < 1.29 is 24.0 Å². The average Bonchev–Trinajstić information content (AvgIpc) is 2.97. The average molecular weight is 357 g/mol. The van der Waals surface area contributed by atoms with Crippen molar-refractivity contribution in [3.63, 3.8) is 0 Å². The number of nitro benzene ring substituents is 1. The van der Waals surface area contributed by atoms with Crippen LogP contribution < -0.4 is 5.43 Å². The van der Waals surface area contributed by atoms with Crippen molar-refractivity contribution >= 4 is 23.3 Å². The van der Waals surface area contributed by atoms with Gasteiger partial charge in [0, 0.05) is 35.2 Å². The molecule has 1 heterocycles. The lowest BCUT2D eigenvalue weighted by molar-refractivity contribution is -0.384. The van der Waals surface area contributed by atoms with Gasteiger partial charge in [0.05, 0.1) is 10.6 Å². The molecule has 0 fully saturated rings. The van der Waals surface area contributed by atoms with Crippen LogP contribution in [0.2, 0.25) is 0 Å². The number of carbonyl (C=O) groups excluding carboxylic acids is 1. The monoisotopic (exact) mass is 357 g/mol. The van der Waals surface area contributed by atoms with Crippen LogP contribution in [0.15, 0.2) is 33.8 Å². The topological polar surface area (TPSA) is 135 Å². The molecule has 1 amide bonds. The Morgan fingerprint density at radius 2 is 2.12 bits per heavy atom. The first kappa shape index (κ1) is 17.3. The van der Waals surface area contributed by atoms with Gasteiger partial charge in [0.25, 0.3) is 11.6 Å². The number of rotatable bonds is 4. The van der Waals surface area contributed by atoms with Crippen LogP contribution in [0.25, 0.3) is 0 Å². The molecule has 0 spiro atoms. The fraction of sp³-hybridized carbons (Fsp3) is 0.235. The molecule has 26 heavy (non-hydrogen) atoms. The van der Waals surface area contributed by atoms with E-state index in [0.29, 0.717) is 41.9 Å². The molecule has 9 heteroatoms. The molecule has 0 bridgehead atoms. The van der Waals surface area contributed by atoms with E-state index in [1.807, 2.05) is 0 Å². The first-order valence-electron chi connectivity index (χ1n) is 7.85. The number of hydrogen-bond acceptors (Lipinski definition) is 6. The molecule has 0 saturated carbocycles. The van der Waals surface area contributed by atoms with E-state index in [0.717, 1.165) is 6.07 Å². The lowest BCUT2D eigenvalue weighted by Gasteiger charge is -2.13. The third kappa shape index (κ3) is 3.18. The Hall–Kier alpha value is -3.49. The minimum absolute atomic E-state index is 0.106. The zero-order chi connectivity index (χ0) is 18.8. The van der Waals surface area contributed by atoms with Crippen molar-refractivity contribution in [2.75, 3.05) is 0 Å². The van der Waals surface area contributed by atoms with Crippen molar-refractivity contribution in [1.82, 2.24) is 5.43 Å². The molecular formula is C17H15N3O6. The number of hydrazone groups is 1. The number of aryl methyl sites for hydroxylation is 1. The van der Waals surface area contributed by atoms with Crippen LogP contribution in [-0.2, 0) is 6.42 Å². The number of fused-ring (bicyclic) bond motifs is 1. The second kappa shape index (κ2) is 6.79. The van der Waals surface area contributed by atoms with Crippen LogP contribution in [0, 0.1) is 17.0 Å². The minimum atomic E-state index is -1.16. The Labute approximate surface area is 147 Å². The van der Waals surface area contributed by atoms with E-state index in [2.05, 4.69) is 10.5 Å². The Balaban J connectivity index is 1.86. The molecule has 2 N–H and O–H groups in total. The number of nitrogens with one attached hydrogen (secondary N) is 1. The largest absolute Gasteiger partial charge is 0.475 e. The van der Waals surface area contributed by atoms with Crippen LogP contribution in [0.3, 0.4) is 0 Å². The van der Waals surface area contributed by atoms with Crippen LogP contribution in [0.1, 0.15) is 50.6 Å². The fourth-order valence-electron chi connectivity index (χ4n) is 2.93. The summed E-state index contributed by atoms with van der Waals surface area (Å²) in [7, 11) is 0. The number of carboxylic acid groups (broad SMARTS) is 1. The third-order valence-corrected chi connectivity index (χ3v) is 4.13. The lowest BCUT2D eigenvalue weighted by atomic mass is 9.93. The third-order valence-electron chi connectivity index (χ3n) is 4.13. The van der Waals surface area contributed by atoms with Crippen molar-refractivity contribution in [2.24, 2.45) is 5.10 Å². The fourth-order valence-corrected chi connectivity index (χ4v) is 2.93. The minimum Gasteiger partial charge on any atom is -0.475 e.